The summed E-state index contributed by atoms with van der Waals surface area (Å²) in [5, 5.41) is 0. The van der Waals surface area contributed by atoms with E-state index in [1.165, 1.54) is 0 Å². The van der Waals surface area contributed by atoms with Crippen LogP contribution in [0.25, 0.3) is 0 Å². The maximum atomic E-state index is 12.1. The molecule has 2 N–H and O–H groups in total. The number of hydrogen-bond acceptors (Lipinski definition) is 6. The van der Waals surface area contributed by atoms with E-state index >= 15 is 0 Å². The molecule has 0 aromatic heterocycles. The second-order valence-corrected chi connectivity index (χ2v) is 6.30. The first kappa shape index (κ1) is 19.2. The van der Waals surface area contributed by atoms with E-state index in [2.05, 4.69) is 10.9 Å². The van der Waals surface area contributed by atoms with Gasteiger partial charge in [0.25, 0.3) is 11.8 Å². The van der Waals surface area contributed by atoms with Gasteiger partial charge in [0.05, 0.1) is 5.56 Å². The van der Waals surface area contributed by atoms with Crippen LogP contribution in [0.3, 0.4) is 0 Å². The van der Waals surface area contributed by atoms with Crippen molar-refractivity contribution in [3.8, 4) is 11.5 Å². The lowest BCUT2D eigenvalue weighted by atomic mass is 10.1. The third-order valence-corrected chi connectivity index (χ3v) is 4.06. The monoisotopic (exact) mass is 384 g/mol. The maximum absolute atomic E-state index is 12.1. The first-order valence-corrected chi connectivity index (χ1v) is 8.65. The summed E-state index contributed by atoms with van der Waals surface area (Å²) >= 11 is 0. The van der Waals surface area contributed by atoms with Gasteiger partial charge >= 0.3 is 5.97 Å². The number of para-hydroxylation sites is 2. The Bertz CT molecular complexity index is 911. The third kappa shape index (κ3) is 4.59. The second kappa shape index (κ2) is 8.43. The fraction of sp³-hybridized carbons (Fsp3) is 0.250. The molecule has 8 nitrogen and oxygen atoms in total. The van der Waals surface area contributed by atoms with Gasteiger partial charge in [-0.25, -0.2) is 4.79 Å². The Morgan fingerprint density at radius 1 is 1.07 bits per heavy atom. The zero-order chi connectivity index (χ0) is 20.1. The van der Waals surface area contributed by atoms with E-state index in [9.17, 15) is 14.4 Å². The Kier molecular flexibility index (Phi) is 5.78. The van der Waals surface area contributed by atoms with Crippen molar-refractivity contribution in [3.63, 3.8) is 0 Å². The van der Waals surface area contributed by atoms with Crippen molar-refractivity contribution in [1.29, 1.82) is 0 Å². The van der Waals surface area contributed by atoms with Gasteiger partial charge in [-0.2, -0.15) is 0 Å². The van der Waals surface area contributed by atoms with Gasteiger partial charge in [0.15, 0.2) is 18.1 Å². The van der Waals surface area contributed by atoms with E-state index in [-0.39, 0.29) is 6.61 Å². The standard InChI is InChI=1S/C20H20N2O6/c1-12-7-8-14(13(2)9-12)20(25)27-11-18(23)21-22-19(24)17-10-26-15-5-3-4-6-16(15)28-17/h3-9,17H,10-11H2,1-2H3,(H,21,23)(H,22,24)/t17-/m0/s1. The number of rotatable bonds is 4. The molecule has 0 saturated heterocycles. The zero-order valence-electron chi connectivity index (χ0n) is 15.5. The number of fused-ring (bicyclic) bond motifs is 1. The van der Waals surface area contributed by atoms with Gasteiger partial charge in [0, 0.05) is 0 Å². The summed E-state index contributed by atoms with van der Waals surface area (Å²) in [7, 11) is 0. The van der Waals surface area contributed by atoms with Gasteiger partial charge in [0.1, 0.15) is 6.61 Å². The summed E-state index contributed by atoms with van der Waals surface area (Å²) in [5.41, 5.74) is 6.57. The predicted octanol–water partition coefficient (Wildman–Crippen LogP) is 1.45. The quantitative estimate of drug-likeness (QED) is 0.611. The van der Waals surface area contributed by atoms with Gasteiger partial charge in [-0.1, -0.05) is 29.8 Å². The Hall–Kier alpha value is -3.55. The molecular weight excluding hydrogens is 364 g/mol. The van der Waals surface area contributed by atoms with Crippen LogP contribution in [0.15, 0.2) is 42.5 Å². The number of amides is 2. The number of aryl methyl sites for hydroxylation is 2. The lowest BCUT2D eigenvalue weighted by Gasteiger charge is -2.25. The SMILES string of the molecule is Cc1ccc(C(=O)OCC(=O)NNC(=O)[C@@H]2COc3ccccc3O2)c(C)c1. The molecule has 146 valence electrons. The van der Waals surface area contributed by atoms with E-state index in [1.807, 2.05) is 13.0 Å². The predicted molar refractivity (Wildman–Crippen MR) is 98.8 cm³/mol. The number of hydrazine groups is 1. The summed E-state index contributed by atoms with van der Waals surface area (Å²) in [6, 6.07) is 12.2. The Morgan fingerprint density at radius 3 is 2.57 bits per heavy atom. The zero-order valence-corrected chi connectivity index (χ0v) is 15.5. The molecule has 0 saturated carbocycles. The van der Waals surface area contributed by atoms with Crippen molar-refractivity contribution in [1.82, 2.24) is 10.9 Å². The highest BCUT2D eigenvalue weighted by molar-refractivity contribution is 5.93. The van der Waals surface area contributed by atoms with Crippen LogP contribution in [0.2, 0.25) is 0 Å². The van der Waals surface area contributed by atoms with E-state index in [1.54, 1.807) is 43.3 Å². The van der Waals surface area contributed by atoms with Crippen LogP contribution in [0.5, 0.6) is 11.5 Å². The van der Waals surface area contributed by atoms with Crippen molar-refractivity contribution in [2.45, 2.75) is 20.0 Å². The Labute approximate surface area is 161 Å². The van der Waals surface area contributed by atoms with Crippen LogP contribution in [0.4, 0.5) is 0 Å². The third-order valence-electron chi connectivity index (χ3n) is 4.06. The first-order valence-electron chi connectivity index (χ1n) is 8.65. The molecule has 28 heavy (non-hydrogen) atoms. The minimum Gasteiger partial charge on any atom is -0.485 e. The molecule has 1 aliphatic heterocycles. The molecular formula is C20H20N2O6. The molecule has 8 heteroatoms. The Balaban J connectivity index is 1.44. The topological polar surface area (TPSA) is 103 Å². The van der Waals surface area contributed by atoms with Crippen LogP contribution in [-0.4, -0.2) is 37.1 Å². The van der Waals surface area contributed by atoms with Crippen molar-refractivity contribution < 1.29 is 28.6 Å². The summed E-state index contributed by atoms with van der Waals surface area (Å²) < 4.78 is 16.0. The summed E-state index contributed by atoms with van der Waals surface area (Å²) in [6.07, 6.45) is -0.909. The number of carbonyl (C=O) groups is 3. The molecule has 1 heterocycles. The van der Waals surface area contributed by atoms with Crippen LogP contribution in [0, 0.1) is 13.8 Å². The van der Waals surface area contributed by atoms with Gasteiger partial charge in [0.2, 0.25) is 6.10 Å². The van der Waals surface area contributed by atoms with Crippen LogP contribution in [0.1, 0.15) is 21.5 Å². The minimum atomic E-state index is -0.909. The molecule has 1 atom stereocenters. The Morgan fingerprint density at radius 2 is 1.82 bits per heavy atom. The van der Waals surface area contributed by atoms with E-state index < -0.39 is 30.5 Å². The van der Waals surface area contributed by atoms with Crippen molar-refractivity contribution in [2.75, 3.05) is 13.2 Å². The summed E-state index contributed by atoms with van der Waals surface area (Å²) in [5.74, 6) is -0.872. The highest BCUT2D eigenvalue weighted by Crippen LogP contribution is 2.30. The van der Waals surface area contributed by atoms with Crippen LogP contribution in [-0.2, 0) is 14.3 Å². The molecule has 0 aliphatic carbocycles. The lowest BCUT2D eigenvalue weighted by molar-refractivity contribution is -0.135. The van der Waals surface area contributed by atoms with Crippen molar-refractivity contribution in [2.24, 2.45) is 0 Å². The summed E-state index contributed by atoms with van der Waals surface area (Å²) in [6.45, 7) is 3.18. The maximum Gasteiger partial charge on any atom is 0.338 e. The molecule has 2 amide bonds. The number of ether oxygens (including phenoxy) is 3. The van der Waals surface area contributed by atoms with Crippen LogP contribution < -0.4 is 20.3 Å². The normalized spacial score (nSPS) is 14.7. The van der Waals surface area contributed by atoms with E-state index in [0.29, 0.717) is 17.1 Å². The molecule has 0 radical (unpaired) electrons. The minimum absolute atomic E-state index is 0.0143. The number of carbonyl (C=O) groups excluding carboxylic acids is 3. The average Bonchev–Trinajstić information content (AvgIpc) is 2.69. The van der Waals surface area contributed by atoms with Gasteiger partial charge < -0.3 is 14.2 Å². The van der Waals surface area contributed by atoms with Crippen molar-refractivity contribution >= 4 is 17.8 Å². The highest BCUT2D eigenvalue weighted by Gasteiger charge is 2.27. The fourth-order valence-electron chi connectivity index (χ4n) is 2.65. The first-order chi connectivity index (χ1) is 13.4. The molecule has 2 aromatic rings. The number of nitrogens with one attached hydrogen (secondary N) is 2. The number of benzene rings is 2. The molecule has 3 rings (SSSR count). The molecule has 1 aliphatic rings. The van der Waals surface area contributed by atoms with Gasteiger partial charge in [-0.15, -0.1) is 0 Å². The van der Waals surface area contributed by atoms with Crippen LogP contribution >= 0.6 is 0 Å². The highest BCUT2D eigenvalue weighted by atomic mass is 16.6. The molecule has 0 fully saturated rings. The number of hydrogen-bond donors (Lipinski definition) is 2. The molecule has 0 spiro atoms. The van der Waals surface area contributed by atoms with Gasteiger partial charge in [-0.3, -0.25) is 20.4 Å². The summed E-state index contributed by atoms with van der Waals surface area (Å²) in [4.78, 5) is 36.0. The molecule has 0 unspecified atom stereocenters. The van der Waals surface area contributed by atoms with E-state index in [4.69, 9.17) is 14.2 Å². The molecule has 2 aromatic carbocycles. The molecule has 0 bridgehead atoms. The smallest absolute Gasteiger partial charge is 0.338 e. The fourth-order valence-corrected chi connectivity index (χ4v) is 2.65. The van der Waals surface area contributed by atoms with E-state index in [0.717, 1.165) is 11.1 Å². The van der Waals surface area contributed by atoms with Crippen molar-refractivity contribution in [3.05, 3.63) is 59.2 Å². The van der Waals surface area contributed by atoms with Gasteiger partial charge in [-0.05, 0) is 37.6 Å². The lowest BCUT2D eigenvalue weighted by Crippen LogP contribution is -2.51. The largest absolute Gasteiger partial charge is 0.485 e. The average molecular weight is 384 g/mol. The second-order valence-electron chi connectivity index (χ2n) is 6.30. The number of esters is 1.